The maximum Gasteiger partial charge on any atom is 0.240 e. The SMILES string of the molecule is C=C[Si](C)(C)COc1ccc(N=C=O)cc1. The Morgan fingerprint density at radius 1 is 1.44 bits per heavy atom. The van der Waals surface area contributed by atoms with Gasteiger partial charge >= 0.3 is 0 Å². The molecule has 0 fully saturated rings. The van der Waals surface area contributed by atoms with Crippen molar-refractivity contribution >= 4 is 19.8 Å². The zero-order chi connectivity index (χ0) is 12.0. The molecule has 0 amide bonds. The third kappa shape index (κ3) is 3.85. The number of ether oxygens (including phenoxy) is 1. The van der Waals surface area contributed by atoms with Gasteiger partial charge in [-0.15, -0.1) is 6.58 Å². The first-order chi connectivity index (χ1) is 7.57. The van der Waals surface area contributed by atoms with E-state index in [0.29, 0.717) is 11.9 Å². The van der Waals surface area contributed by atoms with Gasteiger partial charge in [0, 0.05) is 0 Å². The molecule has 0 unspecified atom stereocenters. The molecule has 0 aliphatic carbocycles. The number of rotatable bonds is 5. The van der Waals surface area contributed by atoms with Crippen molar-refractivity contribution in [1.82, 2.24) is 0 Å². The number of aliphatic imine (C=N–C) groups is 1. The molecule has 0 bridgehead atoms. The summed E-state index contributed by atoms with van der Waals surface area (Å²) in [5, 5.41) is 0. The van der Waals surface area contributed by atoms with Crippen molar-refractivity contribution in [1.29, 1.82) is 0 Å². The molecule has 84 valence electrons. The van der Waals surface area contributed by atoms with E-state index in [1.165, 1.54) is 6.08 Å². The van der Waals surface area contributed by atoms with Crippen molar-refractivity contribution in [3.8, 4) is 5.75 Å². The number of nitrogens with zero attached hydrogens (tertiary/aromatic N) is 1. The summed E-state index contributed by atoms with van der Waals surface area (Å²) in [6, 6.07) is 7.04. The van der Waals surface area contributed by atoms with Gasteiger partial charge in [0.05, 0.1) is 11.9 Å². The molecule has 0 aromatic heterocycles. The minimum Gasteiger partial charge on any atom is -0.497 e. The van der Waals surface area contributed by atoms with Crippen LogP contribution in [0.1, 0.15) is 0 Å². The standard InChI is InChI=1S/C12H15NO2Si/c1-4-16(2,3)10-15-12-7-5-11(6-8-12)13-9-14/h4-8H,1,10H2,2-3H3. The highest BCUT2D eigenvalue weighted by Crippen LogP contribution is 2.18. The second kappa shape index (κ2) is 5.44. The number of benzene rings is 1. The van der Waals surface area contributed by atoms with Gasteiger partial charge in [0.2, 0.25) is 6.08 Å². The van der Waals surface area contributed by atoms with Crippen molar-refractivity contribution < 1.29 is 9.53 Å². The fraction of sp³-hybridized carbons (Fsp3) is 0.250. The third-order valence-electron chi connectivity index (χ3n) is 2.17. The molecule has 0 aliphatic rings. The van der Waals surface area contributed by atoms with Crippen LogP contribution in [0.4, 0.5) is 5.69 Å². The minimum atomic E-state index is -1.43. The van der Waals surface area contributed by atoms with E-state index in [9.17, 15) is 4.79 Å². The van der Waals surface area contributed by atoms with Gasteiger partial charge in [0.15, 0.2) is 0 Å². The molecule has 1 rings (SSSR count). The summed E-state index contributed by atoms with van der Waals surface area (Å²) < 4.78 is 5.65. The molecule has 4 heteroatoms. The van der Waals surface area contributed by atoms with Crippen LogP contribution in [0.2, 0.25) is 13.1 Å². The molecular formula is C12H15NO2Si. The second-order valence-corrected chi connectivity index (χ2v) is 8.85. The zero-order valence-corrected chi connectivity index (χ0v) is 10.6. The number of carbonyl (C=O) groups excluding carboxylic acids is 1. The maximum absolute atomic E-state index is 10.0. The fourth-order valence-electron chi connectivity index (χ4n) is 0.998. The smallest absolute Gasteiger partial charge is 0.240 e. The Bertz CT molecular complexity index is 406. The Balaban J connectivity index is 2.62. The molecule has 0 saturated carbocycles. The normalized spacial score (nSPS) is 10.4. The number of hydrogen-bond donors (Lipinski definition) is 0. The van der Waals surface area contributed by atoms with Crippen LogP contribution in [0.15, 0.2) is 41.5 Å². The van der Waals surface area contributed by atoms with Gasteiger partial charge in [-0.25, -0.2) is 4.79 Å². The first-order valence-electron chi connectivity index (χ1n) is 5.02. The van der Waals surface area contributed by atoms with Crippen LogP contribution >= 0.6 is 0 Å². The molecule has 0 radical (unpaired) electrons. The Morgan fingerprint density at radius 2 is 2.06 bits per heavy atom. The van der Waals surface area contributed by atoms with Crippen molar-refractivity contribution in [3.05, 3.63) is 36.5 Å². The quantitative estimate of drug-likeness (QED) is 0.445. The Morgan fingerprint density at radius 3 is 2.56 bits per heavy atom. The summed E-state index contributed by atoms with van der Waals surface area (Å²) >= 11 is 0. The van der Waals surface area contributed by atoms with Gasteiger partial charge < -0.3 is 4.74 Å². The molecule has 0 aliphatic heterocycles. The highest BCUT2D eigenvalue weighted by Gasteiger charge is 2.16. The maximum atomic E-state index is 10.0. The lowest BCUT2D eigenvalue weighted by Gasteiger charge is -2.17. The van der Waals surface area contributed by atoms with Crippen molar-refractivity contribution in [2.45, 2.75) is 13.1 Å². The van der Waals surface area contributed by atoms with Gasteiger partial charge in [0.25, 0.3) is 0 Å². The van der Waals surface area contributed by atoms with Crippen LogP contribution in [0.5, 0.6) is 5.75 Å². The highest BCUT2D eigenvalue weighted by molar-refractivity contribution is 6.82. The van der Waals surface area contributed by atoms with E-state index < -0.39 is 8.07 Å². The Kier molecular flexibility index (Phi) is 4.23. The first-order valence-corrected chi connectivity index (χ1v) is 8.30. The summed E-state index contributed by atoms with van der Waals surface area (Å²) in [6.07, 6.45) is 2.20. The lowest BCUT2D eigenvalue weighted by atomic mass is 10.3. The first kappa shape index (κ1) is 12.4. The molecule has 0 atom stereocenters. The summed E-state index contributed by atoms with van der Waals surface area (Å²) in [5.74, 6) is 0.785. The predicted molar refractivity (Wildman–Crippen MR) is 67.4 cm³/mol. The van der Waals surface area contributed by atoms with E-state index in [1.54, 1.807) is 24.3 Å². The summed E-state index contributed by atoms with van der Waals surface area (Å²) in [7, 11) is -1.43. The Hall–Kier alpha value is -1.64. The van der Waals surface area contributed by atoms with Gasteiger partial charge in [-0.3, -0.25) is 0 Å². The van der Waals surface area contributed by atoms with E-state index in [-0.39, 0.29) is 0 Å². The fourth-order valence-corrected chi connectivity index (χ4v) is 1.65. The van der Waals surface area contributed by atoms with Crippen LogP contribution in [0.3, 0.4) is 0 Å². The number of isocyanates is 1. The summed E-state index contributed by atoms with van der Waals surface area (Å²) in [4.78, 5) is 13.5. The average molecular weight is 233 g/mol. The topological polar surface area (TPSA) is 38.7 Å². The molecule has 0 spiro atoms. The van der Waals surface area contributed by atoms with E-state index in [2.05, 4.69) is 24.7 Å². The van der Waals surface area contributed by atoms with E-state index in [1.807, 2.05) is 5.70 Å². The monoisotopic (exact) mass is 233 g/mol. The largest absolute Gasteiger partial charge is 0.497 e. The van der Waals surface area contributed by atoms with Crippen LogP contribution in [-0.4, -0.2) is 20.4 Å². The van der Waals surface area contributed by atoms with Gasteiger partial charge in [-0.05, 0) is 24.3 Å². The lowest BCUT2D eigenvalue weighted by Crippen LogP contribution is -2.31. The van der Waals surface area contributed by atoms with Gasteiger partial charge in [-0.1, -0.05) is 18.8 Å². The summed E-state index contributed by atoms with van der Waals surface area (Å²) in [6.45, 7) is 8.18. The molecule has 0 N–H and O–H groups in total. The molecular weight excluding hydrogens is 218 g/mol. The van der Waals surface area contributed by atoms with E-state index >= 15 is 0 Å². The molecule has 3 nitrogen and oxygen atoms in total. The van der Waals surface area contributed by atoms with Crippen LogP contribution < -0.4 is 4.74 Å². The molecule has 1 aromatic rings. The number of hydrogen-bond acceptors (Lipinski definition) is 3. The van der Waals surface area contributed by atoms with Crippen molar-refractivity contribution in [2.75, 3.05) is 6.23 Å². The second-order valence-electron chi connectivity index (χ2n) is 4.18. The average Bonchev–Trinajstić information content (AvgIpc) is 2.29. The minimum absolute atomic E-state index is 0.586. The molecule has 1 aromatic carbocycles. The molecule has 0 saturated heterocycles. The van der Waals surface area contributed by atoms with Crippen LogP contribution in [-0.2, 0) is 4.79 Å². The van der Waals surface area contributed by atoms with E-state index in [0.717, 1.165) is 5.75 Å². The van der Waals surface area contributed by atoms with Gasteiger partial charge in [-0.2, -0.15) is 4.99 Å². The zero-order valence-electron chi connectivity index (χ0n) is 9.56. The predicted octanol–water partition coefficient (Wildman–Crippen LogP) is 3.01. The van der Waals surface area contributed by atoms with Crippen LogP contribution in [0.25, 0.3) is 0 Å². The van der Waals surface area contributed by atoms with E-state index in [4.69, 9.17) is 4.74 Å². The lowest BCUT2D eigenvalue weighted by molar-refractivity contribution is 0.379. The third-order valence-corrected chi connectivity index (χ3v) is 4.17. The molecule has 16 heavy (non-hydrogen) atoms. The van der Waals surface area contributed by atoms with Crippen LogP contribution in [0, 0.1) is 0 Å². The summed E-state index contributed by atoms with van der Waals surface area (Å²) in [5.41, 5.74) is 2.58. The van der Waals surface area contributed by atoms with Gasteiger partial charge in [0.1, 0.15) is 13.8 Å². The highest BCUT2D eigenvalue weighted by atomic mass is 28.3. The van der Waals surface area contributed by atoms with Crippen molar-refractivity contribution in [2.24, 2.45) is 4.99 Å². The molecule has 0 heterocycles. The Labute approximate surface area is 96.5 Å². The van der Waals surface area contributed by atoms with Crippen molar-refractivity contribution in [3.63, 3.8) is 0 Å².